The third-order valence-corrected chi connectivity index (χ3v) is 5.59. The Morgan fingerprint density at radius 1 is 1.07 bits per heavy atom. The van der Waals surface area contributed by atoms with Gasteiger partial charge in [0.25, 0.3) is 15.9 Å². The zero-order valence-electron chi connectivity index (χ0n) is 14.1. The second kappa shape index (κ2) is 7.08. The smallest absolute Gasteiger partial charge is 0.325 e. The average Bonchev–Trinajstić information content (AvgIpc) is 2.83. The lowest BCUT2D eigenvalue weighted by Gasteiger charge is -2.14. The molecule has 2 N–H and O–H groups in total. The number of fused-ring (bicyclic) bond motifs is 1. The predicted molar refractivity (Wildman–Crippen MR) is 94.8 cm³/mol. The fourth-order valence-corrected chi connectivity index (χ4v) is 4.05. The number of anilines is 1. The normalized spacial score (nSPS) is 14.4. The van der Waals surface area contributed by atoms with Crippen LogP contribution in [0.25, 0.3) is 0 Å². The molecule has 4 amide bonds. The number of hydrogen-bond donors (Lipinski definition) is 2. The van der Waals surface area contributed by atoms with Gasteiger partial charge in [0.15, 0.2) is 0 Å². The first kappa shape index (κ1) is 18.4. The molecule has 2 aromatic carbocycles. The Hall–Kier alpha value is -3.40. The molecular weight excluding hydrogens is 374 g/mol. The van der Waals surface area contributed by atoms with E-state index < -0.39 is 34.4 Å². The Morgan fingerprint density at radius 3 is 2.37 bits per heavy atom. The van der Waals surface area contributed by atoms with Gasteiger partial charge in [0, 0.05) is 5.69 Å². The molecule has 9 nitrogen and oxygen atoms in total. The van der Waals surface area contributed by atoms with Crippen molar-refractivity contribution in [2.24, 2.45) is 0 Å². The molecule has 1 aliphatic heterocycles. The molecule has 0 saturated carbocycles. The molecule has 3 rings (SSSR count). The van der Waals surface area contributed by atoms with Crippen molar-refractivity contribution in [3.05, 3.63) is 54.1 Å². The highest BCUT2D eigenvalue weighted by molar-refractivity contribution is 7.90. The van der Waals surface area contributed by atoms with E-state index in [2.05, 4.69) is 5.32 Å². The Bertz CT molecular complexity index is 1020. The van der Waals surface area contributed by atoms with Crippen molar-refractivity contribution in [1.29, 1.82) is 0 Å². The number of sulfonamides is 1. The SMILES string of the molecule is COc1ccc(NC(=O)NC(=O)CN2C(=O)c3ccccc3S2(=O)=O)cc1. The molecule has 0 aliphatic carbocycles. The minimum atomic E-state index is -4.12. The minimum Gasteiger partial charge on any atom is -0.497 e. The van der Waals surface area contributed by atoms with Crippen molar-refractivity contribution in [2.45, 2.75) is 4.90 Å². The number of rotatable bonds is 4. The van der Waals surface area contributed by atoms with Gasteiger partial charge in [-0.1, -0.05) is 12.1 Å². The first-order valence-electron chi connectivity index (χ1n) is 7.74. The molecule has 2 aromatic rings. The number of methoxy groups -OCH3 is 1. The summed E-state index contributed by atoms with van der Waals surface area (Å²) in [7, 11) is -2.62. The second-order valence-corrected chi connectivity index (χ2v) is 7.37. The standard InChI is InChI=1S/C17H15N3O6S/c1-26-12-8-6-11(7-9-12)18-17(23)19-15(21)10-20-16(22)13-4-2-3-5-14(13)27(20,24)25/h2-9H,10H2,1H3,(H2,18,19,21,23). The number of urea groups is 1. The predicted octanol–water partition coefficient (Wildman–Crippen LogP) is 1.19. The molecule has 0 fully saturated rings. The number of carbonyl (C=O) groups excluding carboxylic acids is 3. The lowest BCUT2D eigenvalue weighted by atomic mass is 10.2. The van der Waals surface area contributed by atoms with Crippen molar-refractivity contribution in [3.63, 3.8) is 0 Å². The Kier molecular flexibility index (Phi) is 4.82. The number of benzene rings is 2. The van der Waals surface area contributed by atoms with Crippen LogP contribution in [0.5, 0.6) is 5.75 Å². The van der Waals surface area contributed by atoms with Crippen LogP contribution in [0.15, 0.2) is 53.4 Å². The molecule has 0 aromatic heterocycles. The first-order chi connectivity index (χ1) is 12.8. The molecule has 10 heteroatoms. The van der Waals surface area contributed by atoms with Crippen LogP contribution in [0.1, 0.15) is 10.4 Å². The summed E-state index contributed by atoms with van der Waals surface area (Å²) in [4.78, 5) is 36.0. The lowest BCUT2D eigenvalue weighted by Crippen LogP contribution is -2.43. The Morgan fingerprint density at radius 2 is 1.74 bits per heavy atom. The molecule has 140 valence electrons. The summed E-state index contributed by atoms with van der Waals surface area (Å²) in [5.41, 5.74) is 0.395. The van der Waals surface area contributed by atoms with E-state index in [1.807, 2.05) is 5.32 Å². The highest BCUT2D eigenvalue weighted by Crippen LogP contribution is 2.29. The summed E-state index contributed by atoms with van der Waals surface area (Å²) >= 11 is 0. The molecular formula is C17H15N3O6S. The topological polar surface area (TPSA) is 122 Å². The molecule has 1 heterocycles. The van der Waals surface area contributed by atoms with Crippen LogP contribution in [-0.2, 0) is 14.8 Å². The molecule has 0 unspecified atom stereocenters. The number of hydrogen-bond acceptors (Lipinski definition) is 6. The maximum atomic E-state index is 12.4. The minimum absolute atomic E-state index is 0.00650. The maximum Gasteiger partial charge on any atom is 0.325 e. The lowest BCUT2D eigenvalue weighted by molar-refractivity contribution is -0.119. The third-order valence-electron chi connectivity index (χ3n) is 3.80. The van der Waals surface area contributed by atoms with Crippen LogP contribution < -0.4 is 15.4 Å². The summed E-state index contributed by atoms with van der Waals surface area (Å²) < 4.78 is 30.2. The van der Waals surface area contributed by atoms with Crippen LogP contribution in [0.2, 0.25) is 0 Å². The highest BCUT2D eigenvalue weighted by Gasteiger charge is 2.41. The average molecular weight is 389 g/mol. The van der Waals surface area contributed by atoms with Gasteiger partial charge in [-0.25, -0.2) is 17.5 Å². The number of amides is 4. The number of nitrogens with zero attached hydrogens (tertiary/aromatic N) is 1. The zero-order chi connectivity index (χ0) is 19.6. The van der Waals surface area contributed by atoms with E-state index in [4.69, 9.17) is 4.74 Å². The fraction of sp³-hybridized carbons (Fsp3) is 0.118. The number of imide groups is 1. The summed E-state index contributed by atoms with van der Waals surface area (Å²) in [6.07, 6.45) is 0. The van der Waals surface area contributed by atoms with Gasteiger partial charge >= 0.3 is 6.03 Å². The third kappa shape index (κ3) is 3.60. The summed E-state index contributed by atoms with van der Waals surface area (Å²) in [5, 5.41) is 4.41. The largest absolute Gasteiger partial charge is 0.497 e. The van der Waals surface area contributed by atoms with Crippen molar-refractivity contribution >= 4 is 33.6 Å². The molecule has 0 atom stereocenters. The van der Waals surface area contributed by atoms with Gasteiger partial charge in [-0.2, -0.15) is 0 Å². The van der Waals surface area contributed by atoms with E-state index in [-0.39, 0.29) is 10.5 Å². The van der Waals surface area contributed by atoms with Crippen LogP contribution >= 0.6 is 0 Å². The molecule has 0 spiro atoms. The Balaban J connectivity index is 1.64. The first-order valence-corrected chi connectivity index (χ1v) is 9.18. The van der Waals surface area contributed by atoms with E-state index in [0.717, 1.165) is 0 Å². The summed E-state index contributed by atoms with van der Waals surface area (Å²) in [6.45, 7) is -0.800. The van der Waals surface area contributed by atoms with Gasteiger partial charge in [-0.3, -0.25) is 14.9 Å². The van der Waals surface area contributed by atoms with Crippen LogP contribution in [0, 0.1) is 0 Å². The van der Waals surface area contributed by atoms with Crippen molar-refractivity contribution < 1.29 is 27.5 Å². The fourth-order valence-electron chi connectivity index (χ4n) is 2.52. The van der Waals surface area contributed by atoms with E-state index in [1.165, 1.54) is 31.4 Å². The monoisotopic (exact) mass is 389 g/mol. The quantitative estimate of drug-likeness (QED) is 0.810. The summed E-state index contributed by atoms with van der Waals surface area (Å²) in [5.74, 6) is -1.16. The second-order valence-electron chi connectivity index (χ2n) is 5.54. The van der Waals surface area contributed by atoms with Gasteiger partial charge in [-0.05, 0) is 36.4 Å². The number of carbonyl (C=O) groups is 3. The molecule has 0 bridgehead atoms. The van der Waals surface area contributed by atoms with Gasteiger partial charge < -0.3 is 10.1 Å². The highest BCUT2D eigenvalue weighted by atomic mass is 32.2. The van der Waals surface area contributed by atoms with Gasteiger partial charge in [0.1, 0.15) is 17.2 Å². The van der Waals surface area contributed by atoms with E-state index in [1.54, 1.807) is 24.3 Å². The molecule has 0 saturated heterocycles. The van der Waals surface area contributed by atoms with Gasteiger partial charge in [0.2, 0.25) is 5.91 Å². The van der Waals surface area contributed by atoms with Crippen LogP contribution in [0.3, 0.4) is 0 Å². The maximum absolute atomic E-state index is 12.4. The van der Waals surface area contributed by atoms with Gasteiger partial charge in [-0.15, -0.1) is 0 Å². The van der Waals surface area contributed by atoms with Gasteiger partial charge in [0.05, 0.1) is 12.7 Å². The molecule has 0 radical (unpaired) electrons. The van der Waals surface area contributed by atoms with Crippen molar-refractivity contribution in [1.82, 2.24) is 9.62 Å². The van der Waals surface area contributed by atoms with E-state index in [9.17, 15) is 22.8 Å². The van der Waals surface area contributed by atoms with E-state index in [0.29, 0.717) is 15.7 Å². The zero-order valence-corrected chi connectivity index (χ0v) is 14.9. The van der Waals surface area contributed by atoms with Crippen LogP contribution in [-0.4, -0.2) is 44.2 Å². The van der Waals surface area contributed by atoms with Crippen molar-refractivity contribution in [2.75, 3.05) is 19.0 Å². The Labute approximate surface area is 155 Å². The summed E-state index contributed by atoms with van der Waals surface area (Å²) in [6, 6.07) is 11.2. The van der Waals surface area contributed by atoms with Crippen LogP contribution in [0.4, 0.5) is 10.5 Å². The number of ether oxygens (including phenoxy) is 1. The van der Waals surface area contributed by atoms with E-state index >= 15 is 0 Å². The molecule has 1 aliphatic rings. The van der Waals surface area contributed by atoms with Crippen molar-refractivity contribution in [3.8, 4) is 5.75 Å². The molecule has 27 heavy (non-hydrogen) atoms. The number of nitrogens with one attached hydrogen (secondary N) is 2.